The summed E-state index contributed by atoms with van der Waals surface area (Å²) in [5.74, 6) is 2.22. The summed E-state index contributed by atoms with van der Waals surface area (Å²) in [5.41, 5.74) is 2.26. The Kier molecular flexibility index (Phi) is 14.0. The Labute approximate surface area is 191 Å². The summed E-state index contributed by atoms with van der Waals surface area (Å²) in [4.78, 5) is 4.28. The number of methoxy groups -OCH3 is 1. The first-order valence-electron chi connectivity index (χ1n) is 10.0. The smallest absolute Gasteiger partial charge is 0.191 e. The normalized spacial score (nSPS) is 16.4. The van der Waals surface area contributed by atoms with E-state index in [4.69, 9.17) is 18.9 Å². The number of ether oxygens (including phenoxy) is 4. The fraction of sp³-hybridized carbons (Fsp3) is 0.667. The van der Waals surface area contributed by atoms with Gasteiger partial charge in [-0.15, -0.1) is 24.0 Å². The van der Waals surface area contributed by atoms with Gasteiger partial charge in [0.05, 0.1) is 19.8 Å². The van der Waals surface area contributed by atoms with E-state index in [-0.39, 0.29) is 24.0 Å². The fourth-order valence-electron chi connectivity index (χ4n) is 2.92. The first-order valence-corrected chi connectivity index (χ1v) is 10.0. The van der Waals surface area contributed by atoms with Gasteiger partial charge < -0.3 is 29.6 Å². The summed E-state index contributed by atoms with van der Waals surface area (Å²) < 4.78 is 22.0. The van der Waals surface area contributed by atoms with Crippen LogP contribution in [0.3, 0.4) is 0 Å². The number of guanidine groups is 1. The van der Waals surface area contributed by atoms with Gasteiger partial charge in [-0.2, -0.15) is 0 Å². The lowest BCUT2D eigenvalue weighted by molar-refractivity contribution is 0.0888. The van der Waals surface area contributed by atoms with Crippen molar-refractivity contribution in [2.45, 2.75) is 26.3 Å². The number of rotatable bonds is 12. The molecule has 1 aliphatic rings. The minimum absolute atomic E-state index is 0. The van der Waals surface area contributed by atoms with Gasteiger partial charge in [0.1, 0.15) is 12.4 Å². The van der Waals surface area contributed by atoms with E-state index in [0.29, 0.717) is 25.7 Å². The molecular weight excluding hydrogens is 485 g/mol. The van der Waals surface area contributed by atoms with Crippen molar-refractivity contribution in [3.63, 3.8) is 0 Å². The van der Waals surface area contributed by atoms with Gasteiger partial charge in [0.15, 0.2) is 5.96 Å². The highest BCUT2D eigenvalue weighted by molar-refractivity contribution is 14.0. The van der Waals surface area contributed by atoms with E-state index in [2.05, 4.69) is 40.7 Å². The predicted molar refractivity (Wildman–Crippen MR) is 127 cm³/mol. The van der Waals surface area contributed by atoms with Crippen molar-refractivity contribution in [3.05, 3.63) is 29.3 Å². The van der Waals surface area contributed by atoms with Crippen molar-refractivity contribution in [1.82, 2.24) is 10.6 Å². The van der Waals surface area contributed by atoms with Crippen LogP contribution >= 0.6 is 24.0 Å². The lowest BCUT2D eigenvalue weighted by Crippen LogP contribution is -2.37. The second-order valence-electron chi connectivity index (χ2n) is 6.96. The monoisotopic (exact) mass is 521 g/mol. The number of nitrogens with one attached hydrogen (secondary N) is 2. The van der Waals surface area contributed by atoms with E-state index >= 15 is 0 Å². The van der Waals surface area contributed by atoms with Crippen molar-refractivity contribution in [1.29, 1.82) is 0 Å². The molecule has 1 fully saturated rings. The molecule has 0 bridgehead atoms. The molecule has 0 spiro atoms. The Bertz CT molecular complexity index is 595. The van der Waals surface area contributed by atoms with Crippen molar-refractivity contribution in [3.8, 4) is 5.75 Å². The van der Waals surface area contributed by atoms with E-state index < -0.39 is 0 Å². The van der Waals surface area contributed by atoms with Crippen LogP contribution in [0, 0.1) is 12.8 Å². The second kappa shape index (κ2) is 15.7. The van der Waals surface area contributed by atoms with Gasteiger partial charge in [-0.3, -0.25) is 4.99 Å². The van der Waals surface area contributed by atoms with Crippen molar-refractivity contribution in [2.24, 2.45) is 10.9 Å². The maximum absolute atomic E-state index is 5.84. The minimum Gasteiger partial charge on any atom is -0.491 e. The predicted octanol–water partition coefficient (Wildman–Crippen LogP) is 2.75. The van der Waals surface area contributed by atoms with Crippen LogP contribution in [0.5, 0.6) is 5.75 Å². The molecular formula is C21H36IN3O4. The Hall–Kier alpha value is -1.10. The molecule has 8 heteroatoms. The van der Waals surface area contributed by atoms with Gasteiger partial charge >= 0.3 is 0 Å². The zero-order chi connectivity index (χ0) is 20.0. The fourth-order valence-corrected chi connectivity index (χ4v) is 2.92. The lowest BCUT2D eigenvalue weighted by Gasteiger charge is -2.15. The van der Waals surface area contributed by atoms with Gasteiger partial charge in [0.25, 0.3) is 0 Å². The minimum atomic E-state index is 0. The molecule has 1 atom stereocenters. The quantitative estimate of drug-likeness (QED) is 0.191. The molecule has 2 N–H and O–H groups in total. The molecule has 1 aromatic rings. The van der Waals surface area contributed by atoms with Gasteiger partial charge in [-0.05, 0) is 31.4 Å². The number of halogens is 1. The molecule has 0 amide bonds. The van der Waals surface area contributed by atoms with Gasteiger partial charge in [0.2, 0.25) is 0 Å². The molecule has 1 heterocycles. The molecule has 7 nitrogen and oxygen atoms in total. The number of hydrogen-bond donors (Lipinski definition) is 2. The largest absolute Gasteiger partial charge is 0.491 e. The maximum atomic E-state index is 5.84. The van der Waals surface area contributed by atoms with E-state index in [1.54, 1.807) is 14.2 Å². The average Bonchev–Trinajstić information content (AvgIpc) is 3.21. The van der Waals surface area contributed by atoms with E-state index in [9.17, 15) is 0 Å². The molecule has 166 valence electrons. The summed E-state index contributed by atoms with van der Waals surface area (Å²) in [5, 5.41) is 6.67. The van der Waals surface area contributed by atoms with Crippen molar-refractivity contribution < 1.29 is 18.9 Å². The van der Waals surface area contributed by atoms with Gasteiger partial charge in [-0.1, -0.05) is 12.1 Å². The van der Waals surface area contributed by atoms with Crippen LogP contribution in [-0.4, -0.2) is 66.3 Å². The Morgan fingerprint density at radius 1 is 1.24 bits per heavy atom. The first kappa shape index (κ1) is 25.9. The van der Waals surface area contributed by atoms with Crippen LogP contribution in [0.2, 0.25) is 0 Å². The molecule has 1 aromatic carbocycles. The highest BCUT2D eigenvalue weighted by Gasteiger charge is 2.15. The number of aryl methyl sites for hydroxylation is 1. The van der Waals surface area contributed by atoms with Crippen LogP contribution in [0.15, 0.2) is 23.2 Å². The third-order valence-electron chi connectivity index (χ3n) is 4.57. The number of benzene rings is 1. The standard InChI is InChI=1S/C21H35N3O4.HI/c1-17-5-6-19(20(13-17)28-12-11-25-3)14-24-21(22-2)23-8-4-9-26-15-18-7-10-27-16-18;/h5-6,13,18H,4,7-12,14-16H2,1-3H3,(H2,22,23,24);1H. The Morgan fingerprint density at radius 3 is 2.83 bits per heavy atom. The third kappa shape index (κ3) is 10.5. The molecule has 2 rings (SSSR count). The first-order chi connectivity index (χ1) is 13.7. The van der Waals surface area contributed by atoms with Crippen LogP contribution in [0.4, 0.5) is 0 Å². The SMILES string of the molecule is CN=C(NCCCOCC1CCOC1)NCc1ccc(C)cc1OCCOC.I. The molecule has 0 aromatic heterocycles. The third-order valence-corrected chi connectivity index (χ3v) is 4.57. The molecule has 0 aliphatic carbocycles. The summed E-state index contributed by atoms with van der Waals surface area (Å²) in [6.07, 6.45) is 2.05. The highest BCUT2D eigenvalue weighted by atomic mass is 127. The molecule has 1 saturated heterocycles. The van der Waals surface area contributed by atoms with E-state index in [0.717, 1.165) is 63.1 Å². The van der Waals surface area contributed by atoms with E-state index in [1.165, 1.54) is 5.56 Å². The second-order valence-corrected chi connectivity index (χ2v) is 6.96. The number of hydrogen-bond acceptors (Lipinski definition) is 5. The van der Waals surface area contributed by atoms with Gasteiger partial charge in [-0.25, -0.2) is 0 Å². The van der Waals surface area contributed by atoms with Crippen LogP contribution < -0.4 is 15.4 Å². The number of nitrogens with zero attached hydrogens (tertiary/aromatic N) is 1. The van der Waals surface area contributed by atoms with Crippen LogP contribution in [-0.2, 0) is 20.8 Å². The average molecular weight is 521 g/mol. The van der Waals surface area contributed by atoms with Crippen LogP contribution in [0.25, 0.3) is 0 Å². The lowest BCUT2D eigenvalue weighted by atomic mass is 10.1. The van der Waals surface area contributed by atoms with Crippen molar-refractivity contribution in [2.75, 3.05) is 60.3 Å². The van der Waals surface area contributed by atoms with Crippen molar-refractivity contribution >= 4 is 29.9 Å². The Morgan fingerprint density at radius 2 is 2.10 bits per heavy atom. The summed E-state index contributed by atoms with van der Waals surface area (Å²) in [7, 11) is 3.45. The summed E-state index contributed by atoms with van der Waals surface area (Å²) in [6.45, 7) is 7.87. The van der Waals surface area contributed by atoms with Crippen LogP contribution in [0.1, 0.15) is 24.0 Å². The summed E-state index contributed by atoms with van der Waals surface area (Å²) in [6, 6.07) is 6.22. The topological polar surface area (TPSA) is 73.3 Å². The molecule has 29 heavy (non-hydrogen) atoms. The maximum Gasteiger partial charge on any atom is 0.191 e. The molecule has 1 unspecified atom stereocenters. The molecule has 0 saturated carbocycles. The Balaban J connectivity index is 0.00000420. The van der Waals surface area contributed by atoms with E-state index in [1.807, 2.05) is 0 Å². The highest BCUT2D eigenvalue weighted by Crippen LogP contribution is 2.20. The zero-order valence-electron chi connectivity index (χ0n) is 17.9. The zero-order valence-corrected chi connectivity index (χ0v) is 20.2. The molecule has 0 radical (unpaired) electrons. The molecule has 1 aliphatic heterocycles. The van der Waals surface area contributed by atoms with Gasteiger partial charge in [0, 0.05) is 51.9 Å². The summed E-state index contributed by atoms with van der Waals surface area (Å²) >= 11 is 0. The number of aliphatic imine (C=N–C) groups is 1.